The zero-order valence-electron chi connectivity index (χ0n) is 31.6. The van der Waals surface area contributed by atoms with Crippen LogP contribution in [0.2, 0.25) is 0 Å². The van der Waals surface area contributed by atoms with Crippen LogP contribution in [0.25, 0.3) is 43.4 Å². The van der Waals surface area contributed by atoms with Crippen molar-refractivity contribution in [3.8, 4) is 11.1 Å². The molecule has 0 saturated heterocycles. The summed E-state index contributed by atoms with van der Waals surface area (Å²) >= 11 is 0. The Morgan fingerprint density at radius 3 is 0.957 bits per heavy atom. The minimum absolute atomic E-state index is 0.216. The van der Waals surface area contributed by atoms with E-state index in [0.29, 0.717) is 0 Å². The lowest BCUT2D eigenvalue weighted by molar-refractivity contribution is 1.19. The molecule has 1 heterocycles. The molecule has 0 N–H and O–H groups in total. The van der Waals surface area contributed by atoms with Crippen molar-refractivity contribution in [2.75, 3.05) is 0 Å². The summed E-state index contributed by atoms with van der Waals surface area (Å²) in [6.07, 6.45) is 0. The van der Waals surface area contributed by atoms with Crippen LogP contribution in [-0.4, -0.2) is 6.71 Å². The number of benzene rings is 6. The predicted molar refractivity (Wildman–Crippen MR) is 207 cm³/mol. The minimum Gasteiger partial charge on any atom is -0.0623 e. The van der Waals surface area contributed by atoms with Gasteiger partial charge in [-0.1, -0.05) is 33.1 Å². The highest BCUT2D eigenvalue weighted by molar-refractivity contribution is 7.00. The fraction of sp³-hybridized carbons (Fsp3) is 0.378. The van der Waals surface area contributed by atoms with Crippen LogP contribution in [0.4, 0.5) is 0 Å². The third-order valence-corrected chi connectivity index (χ3v) is 14.0. The van der Waals surface area contributed by atoms with Gasteiger partial charge in [0.05, 0.1) is 0 Å². The van der Waals surface area contributed by atoms with E-state index in [2.05, 4.69) is 118 Å². The molecule has 1 heteroatoms. The van der Waals surface area contributed by atoms with E-state index in [1.807, 2.05) is 0 Å². The van der Waals surface area contributed by atoms with Crippen LogP contribution >= 0.6 is 0 Å². The standard InChI is InChI=1S/C45H51B/c1-18-20(3)31(14)43(32(15)21(18)4)46-44-33(16)22(5)19(2)26(9)39(44)42-38-30(13)29(12)36-25(8)23(6)24(7)35-27(10)28(11)37(34(17)45(42)46)41(38)40(35)36/h1-17H3. The molecule has 6 aromatic carbocycles. The van der Waals surface area contributed by atoms with Crippen LogP contribution in [-0.2, 0) is 0 Å². The molecule has 0 aromatic heterocycles. The van der Waals surface area contributed by atoms with E-state index in [-0.39, 0.29) is 6.71 Å². The number of hydrogen-bond donors (Lipinski definition) is 0. The molecule has 0 saturated carbocycles. The van der Waals surface area contributed by atoms with Crippen molar-refractivity contribution in [3.05, 3.63) is 94.6 Å². The highest BCUT2D eigenvalue weighted by Gasteiger charge is 2.42. The number of fused-ring (bicyclic) bond motifs is 4. The summed E-state index contributed by atoms with van der Waals surface area (Å²) in [5.74, 6) is 0. The maximum absolute atomic E-state index is 2.46. The molecule has 0 unspecified atom stereocenters. The van der Waals surface area contributed by atoms with Crippen molar-refractivity contribution in [3.63, 3.8) is 0 Å². The van der Waals surface area contributed by atoms with Gasteiger partial charge in [0.1, 0.15) is 0 Å². The molecule has 0 fully saturated rings. The summed E-state index contributed by atoms with van der Waals surface area (Å²) in [6.45, 7) is 40.6. The summed E-state index contributed by atoms with van der Waals surface area (Å²) < 4.78 is 0. The second-order valence-electron chi connectivity index (χ2n) is 15.3. The SMILES string of the molecule is Cc1c(C)c(C)c(B2c3c(C)c(C)c(C)c(C)c3-c3c2c(C)c2c(C)c(C)c4c(C)c(C)c(C)c5c(C)c(C)c3c2c45)c(C)c1C. The molecule has 0 radical (unpaired) electrons. The summed E-state index contributed by atoms with van der Waals surface area (Å²) in [6, 6.07) is 0. The summed E-state index contributed by atoms with van der Waals surface area (Å²) in [5.41, 5.74) is 32.4. The molecule has 46 heavy (non-hydrogen) atoms. The van der Waals surface area contributed by atoms with Gasteiger partial charge in [0.25, 0.3) is 0 Å². The first-order valence-corrected chi connectivity index (χ1v) is 17.4. The normalized spacial score (nSPS) is 12.8. The van der Waals surface area contributed by atoms with Gasteiger partial charge in [0.2, 0.25) is 6.71 Å². The highest BCUT2D eigenvalue weighted by Crippen LogP contribution is 2.50. The predicted octanol–water partition coefficient (Wildman–Crippen LogP) is 10.3. The van der Waals surface area contributed by atoms with Gasteiger partial charge in [-0.25, -0.2) is 0 Å². The van der Waals surface area contributed by atoms with Gasteiger partial charge in [-0.3, -0.25) is 0 Å². The lowest BCUT2D eigenvalue weighted by Crippen LogP contribution is -2.53. The van der Waals surface area contributed by atoms with E-state index < -0.39 is 0 Å². The molecule has 0 amide bonds. The quantitative estimate of drug-likeness (QED) is 0.130. The number of aryl methyl sites for hydroxylation is 7. The van der Waals surface area contributed by atoms with Crippen molar-refractivity contribution >= 4 is 55.4 Å². The van der Waals surface area contributed by atoms with Gasteiger partial charge in [-0.2, -0.15) is 0 Å². The maximum Gasteiger partial charge on any atom is 0.244 e. The van der Waals surface area contributed by atoms with Crippen molar-refractivity contribution in [2.24, 2.45) is 0 Å². The van der Waals surface area contributed by atoms with Crippen LogP contribution in [0.5, 0.6) is 0 Å². The summed E-state index contributed by atoms with van der Waals surface area (Å²) in [4.78, 5) is 0. The van der Waals surface area contributed by atoms with Gasteiger partial charge in [-0.05, 0) is 239 Å². The topological polar surface area (TPSA) is 0 Å². The number of rotatable bonds is 1. The van der Waals surface area contributed by atoms with Crippen molar-refractivity contribution in [1.29, 1.82) is 0 Å². The first-order valence-electron chi connectivity index (χ1n) is 17.4. The van der Waals surface area contributed by atoms with E-state index in [9.17, 15) is 0 Å². The molecule has 1 aliphatic rings. The zero-order chi connectivity index (χ0) is 33.7. The summed E-state index contributed by atoms with van der Waals surface area (Å²) in [5, 5.41) is 8.96. The Morgan fingerprint density at radius 2 is 0.478 bits per heavy atom. The van der Waals surface area contributed by atoms with Crippen LogP contribution in [0.1, 0.15) is 94.6 Å². The van der Waals surface area contributed by atoms with Gasteiger partial charge in [0.15, 0.2) is 0 Å². The van der Waals surface area contributed by atoms with E-state index >= 15 is 0 Å². The molecule has 234 valence electrons. The molecule has 1 aliphatic heterocycles. The Kier molecular flexibility index (Phi) is 6.56. The molecule has 0 nitrogen and oxygen atoms in total. The van der Waals surface area contributed by atoms with Crippen molar-refractivity contribution < 1.29 is 0 Å². The average molecular weight is 603 g/mol. The zero-order valence-corrected chi connectivity index (χ0v) is 31.6. The van der Waals surface area contributed by atoms with Crippen LogP contribution in [0.15, 0.2) is 0 Å². The van der Waals surface area contributed by atoms with E-state index in [1.54, 1.807) is 10.9 Å². The van der Waals surface area contributed by atoms with Crippen molar-refractivity contribution in [2.45, 2.75) is 118 Å². The largest absolute Gasteiger partial charge is 0.244 e. The Labute approximate surface area is 278 Å². The van der Waals surface area contributed by atoms with E-state index in [1.165, 1.54) is 143 Å². The Bertz CT molecular complexity index is 2360. The molecule has 7 rings (SSSR count). The van der Waals surface area contributed by atoms with Crippen LogP contribution < -0.4 is 16.4 Å². The Hall–Kier alpha value is -3.58. The van der Waals surface area contributed by atoms with Crippen LogP contribution in [0, 0.1) is 118 Å². The fourth-order valence-electron chi connectivity index (χ4n) is 10.1. The lowest BCUT2D eigenvalue weighted by Gasteiger charge is -2.28. The van der Waals surface area contributed by atoms with E-state index in [4.69, 9.17) is 0 Å². The maximum atomic E-state index is 2.46. The van der Waals surface area contributed by atoms with Gasteiger partial charge < -0.3 is 0 Å². The van der Waals surface area contributed by atoms with Gasteiger partial charge >= 0.3 is 0 Å². The highest BCUT2D eigenvalue weighted by atomic mass is 14.3. The molecular weight excluding hydrogens is 551 g/mol. The molecule has 6 aromatic rings. The molecule has 0 aliphatic carbocycles. The second-order valence-corrected chi connectivity index (χ2v) is 15.3. The average Bonchev–Trinajstić information content (AvgIpc) is 3.37. The lowest BCUT2D eigenvalue weighted by atomic mass is 9.35. The first kappa shape index (κ1) is 31.0. The molecule has 0 spiro atoms. The van der Waals surface area contributed by atoms with Gasteiger partial charge in [-0.15, -0.1) is 0 Å². The molecule has 0 atom stereocenters. The fourth-order valence-corrected chi connectivity index (χ4v) is 10.1. The second kappa shape index (κ2) is 9.73. The molecule has 0 bridgehead atoms. The van der Waals surface area contributed by atoms with Crippen molar-refractivity contribution in [1.82, 2.24) is 0 Å². The summed E-state index contributed by atoms with van der Waals surface area (Å²) in [7, 11) is 0. The third kappa shape index (κ3) is 3.38. The first-order chi connectivity index (χ1) is 21.5. The Balaban J connectivity index is 1.88. The van der Waals surface area contributed by atoms with Crippen LogP contribution in [0.3, 0.4) is 0 Å². The minimum atomic E-state index is 0.216. The Morgan fingerprint density at radius 1 is 0.196 bits per heavy atom. The smallest absolute Gasteiger partial charge is 0.0623 e. The number of hydrogen-bond acceptors (Lipinski definition) is 0. The monoisotopic (exact) mass is 602 g/mol. The molecular formula is C45H51B. The van der Waals surface area contributed by atoms with E-state index in [0.717, 1.165) is 0 Å². The van der Waals surface area contributed by atoms with Gasteiger partial charge in [0, 0.05) is 0 Å². The third-order valence-electron chi connectivity index (χ3n) is 14.0.